The zero-order chi connectivity index (χ0) is 18.5. The van der Waals surface area contributed by atoms with Gasteiger partial charge in [-0.2, -0.15) is 0 Å². The number of aromatic nitrogens is 2. The molecule has 0 saturated carbocycles. The molecule has 7 heteroatoms. The highest BCUT2D eigenvalue weighted by atomic mass is 19.2. The van der Waals surface area contributed by atoms with Gasteiger partial charge in [-0.05, 0) is 18.9 Å². The molecule has 2 aromatic rings. The van der Waals surface area contributed by atoms with Crippen molar-refractivity contribution in [2.24, 2.45) is 0 Å². The molecule has 0 aliphatic carbocycles. The number of amides is 1. The van der Waals surface area contributed by atoms with Crippen molar-refractivity contribution in [1.29, 1.82) is 0 Å². The lowest BCUT2D eigenvalue weighted by Crippen LogP contribution is -2.40. The Labute approximate surface area is 151 Å². The van der Waals surface area contributed by atoms with E-state index in [9.17, 15) is 13.6 Å². The van der Waals surface area contributed by atoms with E-state index in [0.29, 0.717) is 26.2 Å². The molecular formula is C19H23F2N3O2. The number of hydrogen-bond donors (Lipinski definition) is 0. The molecule has 0 radical (unpaired) electrons. The van der Waals surface area contributed by atoms with Crippen LogP contribution in [0.4, 0.5) is 8.78 Å². The molecule has 1 amide bonds. The summed E-state index contributed by atoms with van der Waals surface area (Å²) >= 11 is 0. The molecule has 2 heterocycles. The van der Waals surface area contributed by atoms with Gasteiger partial charge in [0.2, 0.25) is 5.91 Å². The summed E-state index contributed by atoms with van der Waals surface area (Å²) in [6.07, 6.45) is 5.35. The lowest BCUT2D eigenvalue weighted by molar-refractivity contribution is -0.131. The average molecular weight is 363 g/mol. The first-order valence-electron chi connectivity index (χ1n) is 8.80. The molecule has 1 fully saturated rings. The van der Waals surface area contributed by atoms with Crippen molar-refractivity contribution < 1.29 is 18.3 Å². The molecule has 1 atom stereocenters. The summed E-state index contributed by atoms with van der Waals surface area (Å²) in [7, 11) is 1.66. The van der Waals surface area contributed by atoms with Crippen LogP contribution < -0.4 is 0 Å². The van der Waals surface area contributed by atoms with Gasteiger partial charge in [0.1, 0.15) is 5.82 Å². The predicted octanol–water partition coefficient (Wildman–Crippen LogP) is 2.76. The summed E-state index contributed by atoms with van der Waals surface area (Å²) in [5.74, 6) is -0.973. The van der Waals surface area contributed by atoms with E-state index in [-0.39, 0.29) is 23.8 Å². The second kappa shape index (κ2) is 8.40. The van der Waals surface area contributed by atoms with Crippen molar-refractivity contribution in [2.45, 2.75) is 31.7 Å². The van der Waals surface area contributed by atoms with Crippen LogP contribution in [0.25, 0.3) is 0 Å². The second-order valence-corrected chi connectivity index (χ2v) is 6.54. The van der Waals surface area contributed by atoms with E-state index < -0.39 is 11.6 Å². The monoisotopic (exact) mass is 363 g/mol. The van der Waals surface area contributed by atoms with Crippen molar-refractivity contribution in [3.63, 3.8) is 0 Å². The Hall–Kier alpha value is -2.28. The van der Waals surface area contributed by atoms with Gasteiger partial charge in [-0.25, -0.2) is 13.8 Å². The highest BCUT2D eigenvalue weighted by Crippen LogP contribution is 2.26. The Bertz CT molecular complexity index is 763. The van der Waals surface area contributed by atoms with Crippen LogP contribution in [-0.2, 0) is 22.5 Å². The van der Waals surface area contributed by atoms with Crippen molar-refractivity contribution >= 4 is 5.91 Å². The number of hydrogen-bond acceptors (Lipinski definition) is 3. The van der Waals surface area contributed by atoms with Crippen molar-refractivity contribution in [1.82, 2.24) is 14.5 Å². The van der Waals surface area contributed by atoms with Gasteiger partial charge < -0.3 is 14.2 Å². The van der Waals surface area contributed by atoms with Crippen LogP contribution in [0.3, 0.4) is 0 Å². The molecule has 0 bridgehead atoms. The maximum absolute atomic E-state index is 13.8. The normalized spacial score (nSPS) is 17.5. The fourth-order valence-corrected chi connectivity index (χ4v) is 3.43. The van der Waals surface area contributed by atoms with Crippen LogP contribution in [0.2, 0.25) is 0 Å². The van der Waals surface area contributed by atoms with E-state index in [1.165, 1.54) is 12.1 Å². The predicted molar refractivity (Wildman–Crippen MR) is 92.7 cm³/mol. The van der Waals surface area contributed by atoms with Gasteiger partial charge in [-0.1, -0.05) is 12.1 Å². The van der Waals surface area contributed by atoms with Crippen LogP contribution in [0.5, 0.6) is 0 Å². The van der Waals surface area contributed by atoms with Crippen LogP contribution in [-0.4, -0.2) is 47.2 Å². The Morgan fingerprint density at radius 2 is 2.23 bits per heavy atom. The summed E-state index contributed by atoms with van der Waals surface area (Å²) < 4.78 is 34.3. The SMILES string of the molecule is COCCn1ccnc1C1CCCN(C(=O)Cc2cccc(F)c2F)C1. The number of halogens is 2. The molecule has 0 N–H and O–H groups in total. The Morgan fingerprint density at radius 1 is 1.38 bits per heavy atom. The van der Waals surface area contributed by atoms with Gasteiger partial charge in [0.15, 0.2) is 11.6 Å². The number of methoxy groups -OCH3 is 1. The molecule has 26 heavy (non-hydrogen) atoms. The fraction of sp³-hybridized carbons (Fsp3) is 0.474. The molecule has 3 rings (SSSR count). The van der Waals surface area contributed by atoms with E-state index in [1.807, 2.05) is 10.8 Å². The van der Waals surface area contributed by atoms with Crippen LogP contribution >= 0.6 is 0 Å². The maximum Gasteiger partial charge on any atom is 0.227 e. The number of carbonyl (C=O) groups excluding carboxylic acids is 1. The number of benzene rings is 1. The maximum atomic E-state index is 13.8. The second-order valence-electron chi connectivity index (χ2n) is 6.54. The number of carbonyl (C=O) groups is 1. The summed E-state index contributed by atoms with van der Waals surface area (Å²) in [4.78, 5) is 18.8. The number of piperidine rings is 1. The molecule has 5 nitrogen and oxygen atoms in total. The highest BCUT2D eigenvalue weighted by Gasteiger charge is 2.28. The number of likely N-dealkylation sites (tertiary alicyclic amines) is 1. The minimum atomic E-state index is -0.940. The van der Waals surface area contributed by atoms with E-state index in [4.69, 9.17) is 4.74 Å². The lowest BCUT2D eigenvalue weighted by Gasteiger charge is -2.33. The van der Waals surface area contributed by atoms with Crippen LogP contribution in [0.15, 0.2) is 30.6 Å². The quantitative estimate of drug-likeness (QED) is 0.793. The number of imidazole rings is 1. The smallest absolute Gasteiger partial charge is 0.227 e. The van der Waals surface area contributed by atoms with E-state index >= 15 is 0 Å². The number of ether oxygens (including phenoxy) is 1. The summed E-state index contributed by atoms with van der Waals surface area (Å²) in [5, 5.41) is 0. The number of rotatable bonds is 6. The topological polar surface area (TPSA) is 47.4 Å². The van der Waals surface area contributed by atoms with E-state index in [0.717, 1.165) is 24.7 Å². The summed E-state index contributed by atoms with van der Waals surface area (Å²) in [6.45, 7) is 2.48. The third kappa shape index (κ3) is 4.09. The molecule has 1 aromatic heterocycles. The zero-order valence-corrected chi connectivity index (χ0v) is 14.8. The zero-order valence-electron chi connectivity index (χ0n) is 14.8. The first-order chi connectivity index (χ1) is 12.6. The minimum Gasteiger partial charge on any atom is -0.383 e. The average Bonchev–Trinajstić information content (AvgIpc) is 3.12. The van der Waals surface area contributed by atoms with Gasteiger partial charge in [-0.15, -0.1) is 0 Å². The Balaban J connectivity index is 1.67. The first-order valence-corrected chi connectivity index (χ1v) is 8.80. The van der Waals surface area contributed by atoms with Gasteiger partial charge in [0.05, 0.1) is 13.0 Å². The standard InChI is InChI=1S/C19H23F2N3O2/c1-26-11-10-23-9-7-22-19(23)15-5-3-8-24(13-15)17(25)12-14-4-2-6-16(20)18(14)21/h2,4,6-7,9,15H,3,5,8,10-13H2,1H3. The molecule has 1 aliphatic heterocycles. The van der Waals surface area contributed by atoms with Crippen molar-refractivity contribution in [2.75, 3.05) is 26.8 Å². The Morgan fingerprint density at radius 3 is 3.04 bits per heavy atom. The molecule has 1 aromatic carbocycles. The molecule has 140 valence electrons. The third-order valence-corrected chi connectivity index (χ3v) is 4.80. The van der Waals surface area contributed by atoms with Crippen molar-refractivity contribution in [3.05, 3.63) is 53.6 Å². The summed E-state index contributed by atoms with van der Waals surface area (Å²) in [6, 6.07) is 3.93. The number of nitrogens with zero attached hydrogens (tertiary/aromatic N) is 3. The van der Waals surface area contributed by atoms with Gasteiger partial charge in [0.25, 0.3) is 0 Å². The molecule has 1 aliphatic rings. The molecule has 1 unspecified atom stereocenters. The first kappa shape index (κ1) is 18.5. The van der Waals surface area contributed by atoms with Crippen LogP contribution in [0.1, 0.15) is 30.1 Å². The van der Waals surface area contributed by atoms with Crippen LogP contribution in [0, 0.1) is 11.6 Å². The lowest BCUT2D eigenvalue weighted by atomic mass is 9.96. The molecular weight excluding hydrogens is 340 g/mol. The van der Waals surface area contributed by atoms with Gasteiger partial charge in [-0.3, -0.25) is 4.79 Å². The Kier molecular flexibility index (Phi) is 5.98. The molecule has 1 saturated heterocycles. The van der Waals surface area contributed by atoms with E-state index in [1.54, 1.807) is 18.2 Å². The van der Waals surface area contributed by atoms with Crippen molar-refractivity contribution in [3.8, 4) is 0 Å². The summed E-state index contributed by atoms with van der Waals surface area (Å²) in [5.41, 5.74) is 0.0960. The molecule has 0 spiro atoms. The van der Waals surface area contributed by atoms with Gasteiger partial charge in [0, 0.05) is 50.6 Å². The largest absolute Gasteiger partial charge is 0.383 e. The fourth-order valence-electron chi connectivity index (χ4n) is 3.43. The minimum absolute atomic E-state index is 0.0960. The third-order valence-electron chi connectivity index (χ3n) is 4.80. The highest BCUT2D eigenvalue weighted by molar-refractivity contribution is 5.79. The van der Waals surface area contributed by atoms with Gasteiger partial charge >= 0.3 is 0 Å². The van der Waals surface area contributed by atoms with E-state index in [2.05, 4.69) is 4.98 Å².